The maximum absolute atomic E-state index is 5.34. The van der Waals surface area contributed by atoms with Crippen molar-refractivity contribution in [3.8, 4) is 56.4 Å². The first-order chi connectivity index (χ1) is 27.8. The van der Waals surface area contributed by atoms with Gasteiger partial charge in [-0.3, -0.25) is 0 Å². The van der Waals surface area contributed by atoms with E-state index in [1.165, 1.54) is 59.1 Å². The molecule has 262 valence electrons. The second-order valence-corrected chi connectivity index (χ2v) is 15.4. The summed E-state index contributed by atoms with van der Waals surface area (Å²) in [5, 5.41) is 2.59. The topological polar surface area (TPSA) is 38.7 Å². The smallest absolute Gasteiger partial charge is 0.164 e. The lowest BCUT2D eigenvalue weighted by Gasteiger charge is -2.35. The maximum atomic E-state index is 5.34. The van der Waals surface area contributed by atoms with Crippen molar-refractivity contribution in [2.45, 2.75) is 5.41 Å². The Morgan fingerprint density at radius 1 is 0.339 bits per heavy atom. The number of thiophene rings is 1. The van der Waals surface area contributed by atoms with Crippen LogP contribution in [0.2, 0.25) is 0 Å². The van der Waals surface area contributed by atoms with E-state index in [-0.39, 0.29) is 0 Å². The monoisotopic (exact) mass is 731 g/mol. The molecular formula is C52H33N3S. The summed E-state index contributed by atoms with van der Waals surface area (Å²) in [5.41, 5.74) is 11.9. The van der Waals surface area contributed by atoms with Gasteiger partial charge in [0, 0.05) is 36.9 Å². The molecule has 2 heterocycles. The largest absolute Gasteiger partial charge is 0.208 e. The van der Waals surface area contributed by atoms with E-state index in [1.807, 2.05) is 29.5 Å². The van der Waals surface area contributed by atoms with Gasteiger partial charge in [0.15, 0.2) is 17.5 Å². The van der Waals surface area contributed by atoms with Gasteiger partial charge >= 0.3 is 0 Å². The standard InChI is InChI=1S/C52H33N3S/c1-4-15-35(16-5-1)49-53-50(36-29-27-34(28-30-36)37-31-32-47-44(33-37)41-22-11-13-26-46(41)56-47)55-51(54-49)43-24-14-23-42-40-21-10-12-25-45(40)52(48(42)43,38-17-6-2-7-18-38)39-19-8-3-9-20-39/h1-33H. The van der Waals surface area contributed by atoms with Crippen molar-refractivity contribution in [2.24, 2.45) is 0 Å². The zero-order valence-corrected chi connectivity index (χ0v) is 31.1. The van der Waals surface area contributed by atoms with Crippen molar-refractivity contribution in [1.82, 2.24) is 15.0 Å². The van der Waals surface area contributed by atoms with Crippen molar-refractivity contribution < 1.29 is 0 Å². The molecule has 0 saturated carbocycles. The van der Waals surface area contributed by atoms with Gasteiger partial charge in [-0.15, -0.1) is 11.3 Å². The average Bonchev–Trinajstić information content (AvgIpc) is 3.81. The minimum Gasteiger partial charge on any atom is -0.208 e. The Balaban J connectivity index is 1.11. The van der Waals surface area contributed by atoms with Crippen molar-refractivity contribution in [3.63, 3.8) is 0 Å². The normalized spacial score (nSPS) is 12.8. The fourth-order valence-corrected chi connectivity index (χ4v) is 9.84. The van der Waals surface area contributed by atoms with E-state index in [2.05, 4.69) is 182 Å². The van der Waals surface area contributed by atoms with E-state index >= 15 is 0 Å². The first kappa shape index (κ1) is 32.4. The Labute approximate surface area is 329 Å². The third kappa shape index (κ3) is 5.07. The predicted octanol–water partition coefficient (Wildman–Crippen LogP) is 13.3. The van der Waals surface area contributed by atoms with E-state index in [0.717, 1.165) is 22.3 Å². The molecule has 0 amide bonds. The lowest BCUT2D eigenvalue weighted by Crippen LogP contribution is -2.29. The van der Waals surface area contributed by atoms with Gasteiger partial charge in [-0.25, -0.2) is 15.0 Å². The van der Waals surface area contributed by atoms with Crippen LogP contribution < -0.4 is 0 Å². The number of hydrogen-bond acceptors (Lipinski definition) is 4. The van der Waals surface area contributed by atoms with Gasteiger partial charge in [0.1, 0.15) is 0 Å². The van der Waals surface area contributed by atoms with Crippen LogP contribution in [0.3, 0.4) is 0 Å². The highest BCUT2D eigenvalue weighted by Crippen LogP contribution is 2.58. The second-order valence-electron chi connectivity index (χ2n) is 14.3. The molecule has 1 aliphatic rings. The summed E-state index contributed by atoms with van der Waals surface area (Å²) in [6.07, 6.45) is 0. The molecule has 11 rings (SSSR count). The van der Waals surface area contributed by atoms with Crippen LogP contribution in [0.1, 0.15) is 22.3 Å². The summed E-state index contributed by atoms with van der Waals surface area (Å²) in [5.74, 6) is 1.93. The summed E-state index contributed by atoms with van der Waals surface area (Å²) < 4.78 is 2.62. The molecule has 8 aromatic carbocycles. The highest BCUT2D eigenvalue weighted by Gasteiger charge is 2.47. The Morgan fingerprint density at radius 3 is 1.59 bits per heavy atom. The fourth-order valence-electron chi connectivity index (χ4n) is 8.75. The van der Waals surface area contributed by atoms with Gasteiger partial charge in [-0.2, -0.15) is 0 Å². The van der Waals surface area contributed by atoms with E-state index in [4.69, 9.17) is 15.0 Å². The van der Waals surface area contributed by atoms with Crippen LogP contribution in [-0.2, 0) is 5.41 Å². The molecule has 2 aromatic heterocycles. The first-order valence-corrected chi connectivity index (χ1v) is 19.8. The van der Waals surface area contributed by atoms with Crippen LogP contribution >= 0.6 is 11.3 Å². The van der Waals surface area contributed by atoms with Gasteiger partial charge in [-0.05, 0) is 62.7 Å². The van der Waals surface area contributed by atoms with Gasteiger partial charge in [0.25, 0.3) is 0 Å². The third-order valence-corrected chi connectivity index (χ3v) is 12.4. The average molecular weight is 732 g/mol. The van der Waals surface area contributed by atoms with Crippen molar-refractivity contribution in [3.05, 3.63) is 222 Å². The van der Waals surface area contributed by atoms with Gasteiger partial charge in [-0.1, -0.05) is 182 Å². The van der Waals surface area contributed by atoms with E-state index < -0.39 is 5.41 Å². The zero-order valence-electron chi connectivity index (χ0n) is 30.3. The van der Waals surface area contributed by atoms with Gasteiger partial charge in [0.05, 0.1) is 5.41 Å². The third-order valence-electron chi connectivity index (χ3n) is 11.2. The lowest BCUT2D eigenvalue weighted by atomic mass is 9.66. The number of nitrogens with zero attached hydrogens (tertiary/aromatic N) is 3. The van der Waals surface area contributed by atoms with Crippen LogP contribution in [0.15, 0.2) is 200 Å². The maximum Gasteiger partial charge on any atom is 0.164 e. The SMILES string of the molecule is c1ccc(-c2nc(-c3ccc(-c4ccc5sc6ccccc6c5c4)cc3)nc(-c3cccc4c3C(c3ccccc3)(c3ccccc3)c3ccccc3-4)n2)cc1. The zero-order chi connectivity index (χ0) is 37.1. The molecule has 10 aromatic rings. The van der Waals surface area contributed by atoms with Crippen LogP contribution in [0.5, 0.6) is 0 Å². The highest BCUT2D eigenvalue weighted by atomic mass is 32.1. The van der Waals surface area contributed by atoms with Gasteiger partial charge < -0.3 is 0 Å². The minimum atomic E-state index is -0.596. The Morgan fingerprint density at radius 2 is 0.857 bits per heavy atom. The molecule has 0 atom stereocenters. The molecule has 56 heavy (non-hydrogen) atoms. The predicted molar refractivity (Wildman–Crippen MR) is 232 cm³/mol. The number of fused-ring (bicyclic) bond motifs is 6. The Kier molecular flexibility index (Phi) is 7.58. The molecule has 0 unspecified atom stereocenters. The van der Waals surface area contributed by atoms with E-state index in [9.17, 15) is 0 Å². The van der Waals surface area contributed by atoms with Crippen molar-refractivity contribution in [2.75, 3.05) is 0 Å². The molecule has 4 heteroatoms. The summed E-state index contributed by atoms with van der Waals surface area (Å²) in [4.78, 5) is 15.8. The molecule has 0 bridgehead atoms. The van der Waals surface area contributed by atoms with Crippen LogP contribution in [0.25, 0.3) is 76.6 Å². The van der Waals surface area contributed by atoms with Crippen LogP contribution in [0, 0.1) is 0 Å². The summed E-state index contributed by atoms with van der Waals surface area (Å²) in [6.45, 7) is 0. The van der Waals surface area contributed by atoms with Crippen molar-refractivity contribution >= 4 is 31.5 Å². The van der Waals surface area contributed by atoms with Gasteiger partial charge in [0.2, 0.25) is 0 Å². The molecule has 3 nitrogen and oxygen atoms in total. The summed E-state index contributed by atoms with van der Waals surface area (Å²) >= 11 is 1.84. The van der Waals surface area contributed by atoms with Crippen molar-refractivity contribution in [1.29, 1.82) is 0 Å². The van der Waals surface area contributed by atoms with E-state index in [1.54, 1.807) is 0 Å². The molecule has 0 N–H and O–H groups in total. The Bertz CT molecular complexity index is 3020. The first-order valence-electron chi connectivity index (χ1n) is 18.9. The van der Waals surface area contributed by atoms with E-state index in [0.29, 0.717) is 17.5 Å². The molecular weight excluding hydrogens is 699 g/mol. The number of rotatable bonds is 6. The quantitative estimate of drug-likeness (QED) is 0.171. The van der Waals surface area contributed by atoms with Crippen LogP contribution in [0.4, 0.5) is 0 Å². The molecule has 1 aliphatic carbocycles. The molecule has 0 radical (unpaired) electrons. The molecule has 0 aliphatic heterocycles. The fraction of sp³-hybridized carbons (Fsp3) is 0.0192. The minimum absolute atomic E-state index is 0.596. The summed E-state index contributed by atoms with van der Waals surface area (Å²) in [7, 11) is 0. The highest BCUT2D eigenvalue weighted by molar-refractivity contribution is 7.25. The molecule has 0 fully saturated rings. The number of benzene rings is 8. The second kappa shape index (κ2) is 13.1. The summed E-state index contributed by atoms with van der Waals surface area (Å²) in [6, 6.07) is 71.5. The van der Waals surface area contributed by atoms with Crippen LogP contribution in [-0.4, -0.2) is 15.0 Å². The molecule has 0 spiro atoms. The molecule has 0 saturated heterocycles. The Hall–Kier alpha value is -7.01. The number of aromatic nitrogens is 3. The number of hydrogen-bond donors (Lipinski definition) is 0. The lowest BCUT2D eigenvalue weighted by molar-refractivity contribution is 0.769.